The molecule has 0 saturated heterocycles. The molecule has 1 rings (SSSR count). The van der Waals surface area contributed by atoms with Crippen LogP contribution in [-0.4, -0.2) is 49.6 Å². The number of nitrogens with one attached hydrogen (secondary N) is 2. The van der Waals surface area contributed by atoms with Crippen LogP contribution in [0.4, 0.5) is 0 Å². The molecule has 5 heteroatoms. The third kappa shape index (κ3) is 10.7. The van der Waals surface area contributed by atoms with Crippen LogP contribution in [0, 0.1) is 0 Å². The maximum absolute atomic E-state index is 4.58. The van der Waals surface area contributed by atoms with E-state index in [2.05, 4.69) is 46.5 Å². The number of hydrogen-bond donors (Lipinski definition) is 2. The minimum absolute atomic E-state index is 0.612. The zero-order chi connectivity index (χ0) is 16.8. The second-order valence-corrected chi connectivity index (χ2v) is 6.01. The predicted molar refractivity (Wildman–Crippen MR) is 98.7 cm³/mol. The summed E-state index contributed by atoms with van der Waals surface area (Å²) in [6.07, 6.45) is 8.22. The molecule has 0 aliphatic carbocycles. The van der Waals surface area contributed by atoms with E-state index in [0.29, 0.717) is 6.54 Å². The molecular formula is C18H33N5. The molecule has 1 aromatic heterocycles. The zero-order valence-electron chi connectivity index (χ0n) is 15.0. The standard InChI is InChI=1S/C18H33N5/c1-4-19-18(22-16-17-12-8-10-13-20-17)21-14-9-6-5-7-11-15-23(2)3/h8,10,12-13H,4-7,9,11,14-16H2,1-3H3,(H2,19,21,22). The summed E-state index contributed by atoms with van der Waals surface area (Å²) in [6, 6.07) is 5.92. The van der Waals surface area contributed by atoms with Crippen LogP contribution in [0.15, 0.2) is 29.4 Å². The summed E-state index contributed by atoms with van der Waals surface area (Å²) < 4.78 is 0. The highest BCUT2D eigenvalue weighted by Crippen LogP contribution is 2.02. The lowest BCUT2D eigenvalue weighted by atomic mass is 10.1. The Morgan fingerprint density at radius 1 is 1.09 bits per heavy atom. The van der Waals surface area contributed by atoms with E-state index in [1.807, 2.05) is 24.4 Å². The largest absolute Gasteiger partial charge is 0.357 e. The quantitative estimate of drug-likeness (QED) is 0.374. The normalized spacial score (nSPS) is 11.7. The minimum atomic E-state index is 0.612. The summed E-state index contributed by atoms with van der Waals surface area (Å²) >= 11 is 0. The number of aliphatic imine (C=N–C) groups is 1. The Morgan fingerprint density at radius 3 is 2.57 bits per heavy atom. The number of pyridine rings is 1. The summed E-state index contributed by atoms with van der Waals surface area (Å²) in [4.78, 5) is 11.1. The lowest BCUT2D eigenvalue weighted by molar-refractivity contribution is 0.389. The van der Waals surface area contributed by atoms with E-state index in [-0.39, 0.29) is 0 Å². The maximum atomic E-state index is 4.58. The summed E-state index contributed by atoms with van der Waals surface area (Å²) in [5.74, 6) is 0.880. The fraction of sp³-hybridized carbons (Fsp3) is 0.667. The monoisotopic (exact) mass is 319 g/mol. The number of nitrogens with zero attached hydrogens (tertiary/aromatic N) is 3. The van der Waals surface area contributed by atoms with Gasteiger partial charge in [0.25, 0.3) is 0 Å². The van der Waals surface area contributed by atoms with Gasteiger partial charge in [0.15, 0.2) is 5.96 Å². The molecule has 5 nitrogen and oxygen atoms in total. The smallest absolute Gasteiger partial charge is 0.191 e. The predicted octanol–water partition coefficient (Wildman–Crippen LogP) is 2.65. The summed E-state index contributed by atoms with van der Waals surface area (Å²) in [5, 5.41) is 6.69. The van der Waals surface area contributed by atoms with Crippen molar-refractivity contribution in [2.45, 2.75) is 45.6 Å². The van der Waals surface area contributed by atoms with Crippen molar-refractivity contribution in [2.75, 3.05) is 33.7 Å². The molecule has 0 atom stereocenters. The first-order valence-corrected chi connectivity index (χ1v) is 8.79. The van der Waals surface area contributed by atoms with Crippen LogP contribution in [0.2, 0.25) is 0 Å². The van der Waals surface area contributed by atoms with Gasteiger partial charge in [-0.2, -0.15) is 0 Å². The van der Waals surface area contributed by atoms with E-state index in [1.165, 1.54) is 38.6 Å². The highest BCUT2D eigenvalue weighted by atomic mass is 15.2. The Labute approximate surface area is 141 Å². The molecule has 0 saturated carbocycles. The Bertz CT molecular complexity index is 417. The van der Waals surface area contributed by atoms with Gasteiger partial charge in [0.05, 0.1) is 12.2 Å². The van der Waals surface area contributed by atoms with Crippen LogP contribution >= 0.6 is 0 Å². The molecule has 0 radical (unpaired) electrons. The van der Waals surface area contributed by atoms with Crippen LogP contribution in [0.25, 0.3) is 0 Å². The fourth-order valence-electron chi connectivity index (χ4n) is 2.28. The Morgan fingerprint density at radius 2 is 1.87 bits per heavy atom. The molecule has 1 aromatic rings. The van der Waals surface area contributed by atoms with E-state index in [4.69, 9.17) is 0 Å². The number of unbranched alkanes of at least 4 members (excludes halogenated alkanes) is 4. The van der Waals surface area contributed by atoms with Gasteiger partial charge < -0.3 is 15.5 Å². The highest BCUT2D eigenvalue weighted by Gasteiger charge is 1.98. The molecule has 23 heavy (non-hydrogen) atoms. The first kappa shape index (κ1) is 19.4. The summed E-state index contributed by atoms with van der Waals surface area (Å²) in [5.41, 5.74) is 0.991. The summed E-state index contributed by atoms with van der Waals surface area (Å²) in [6.45, 7) is 5.74. The molecule has 0 unspecified atom stereocenters. The number of rotatable bonds is 11. The van der Waals surface area contributed by atoms with E-state index in [9.17, 15) is 0 Å². The Hall–Kier alpha value is -1.62. The second kappa shape index (κ2) is 12.9. The van der Waals surface area contributed by atoms with Crippen molar-refractivity contribution in [1.29, 1.82) is 0 Å². The van der Waals surface area contributed by atoms with Crippen LogP contribution in [-0.2, 0) is 6.54 Å². The third-order valence-electron chi connectivity index (χ3n) is 3.54. The Kier molecular flexibility index (Phi) is 10.9. The van der Waals surface area contributed by atoms with Crippen molar-refractivity contribution < 1.29 is 0 Å². The molecule has 0 fully saturated rings. The van der Waals surface area contributed by atoms with Gasteiger partial charge in [0.1, 0.15) is 0 Å². The molecule has 0 spiro atoms. The van der Waals surface area contributed by atoms with Gasteiger partial charge in [-0.05, 0) is 52.5 Å². The van der Waals surface area contributed by atoms with Gasteiger partial charge in [-0.1, -0.05) is 25.3 Å². The van der Waals surface area contributed by atoms with Crippen molar-refractivity contribution in [3.63, 3.8) is 0 Å². The van der Waals surface area contributed by atoms with Crippen molar-refractivity contribution >= 4 is 5.96 Å². The van der Waals surface area contributed by atoms with Crippen LogP contribution < -0.4 is 10.6 Å². The molecule has 0 bridgehead atoms. The fourth-order valence-corrected chi connectivity index (χ4v) is 2.28. The van der Waals surface area contributed by atoms with Gasteiger partial charge in [-0.3, -0.25) is 4.98 Å². The maximum Gasteiger partial charge on any atom is 0.191 e. The molecule has 0 aliphatic rings. The highest BCUT2D eigenvalue weighted by molar-refractivity contribution is 5.79. The lowest BCUT2D eigenvalue weighted by Crippen LogP contribution is -2.37. The molecule has 130 valence electrons. The lowest BCUT2D eigenvalue weighted by Gasteiger charge is -2.11. The number of aromatic nitrogens is 1. The van der Waals surface area contributed by atoms with Gasteiger partial charge in [0, 0.05) is 19.3 Å². The molecule has 2 N–H and O–H groups in total. The first-order valence-electron chi connectivity index (χ1n) is 8.79. The second-order valence-electron chi connectivity index (χ2n) is 6.01. The number of hydrogen-bond acceptors (Lipinski definition) is 3. The third-order valence-corrected chi connectivity index (χ3v) is 3.54. The molecule has 1 heterocycles. The van der Waals surface area contributed by atoms with E-state index in [0.717, 1.165) is 24.7 Å². The van der Waals surface area contributed by atoms with Gasteiger partial charge in [-0.25, -0.2) is 4.99 Å². The van der Waals surface area contributed by atoms with E-state index in [1.54, 1.807) is 0 Å². The van der Waals surface area contributed by atoms with Crippen molar-refractivity contribution in [1.82, 2.24) is 20.5 Å². The van der Waals surface area contributed by atoms with Crippen molar-refractivity contribution in [3.05, 3.63) is 30.1 Å². The topological polar surface area (TPSA) is 52.6 Å². The minimum Gasteiger partial charge on any atom is -0.357 e. The zero-order valence-corrected chi connectivity index (χ0v) is 15.0. The van der Waals surface area contributed by atoms with Crippen molar-refractivity contribution in [2.24, 2.45) is 4.99 Å². The number of guanidine groups is 1. The van der Waals surface area contributed by atoms with Gasteiger partial charge in [-0.15, -0.1) is 0 Å². The van der Waals surface area contributed by atoms with E-state index < -0.39 is 0 Å². The molecular weight excluding hydrogens is 286 g/mol. The van der Waals surface area contributed by atoms with Crippen LogP contribution in [0.3, 0.4) is 0 Å². The van der Waals surface area contributed by atoms with Crippen LogP contribution in [0.1, 0.15) is 44.7 Å². The summed E-state index contributed by atoms with van der Waals surface area (Å²) in [7, 11) is 4.27. The average molecular weight is 319 g/mol. The molecule has 0 aromatic carbocycles. The molecule has 0 aliphatic heterocycles. The van der Waals surface area contributed by atoms with E-state index >= 15 is 0 Å². The Balaban J connectivity index is 2.15. The first-order chi connectivity index (χ1) is 11.2. The average Bonchev–Trinajstić information content (AvgIpc) is 2.55. The molecule has 0 amide bonds. The van der Waals surface area contributed by atoms with Gasteiger partial charge in [0.2, 0.25) is 0 Å². The van der Waals surface area contributed by atoms with Crippen LogP contribution in [0.5, 0.6) is 0 Å². The van der Waals surface area contributed by atoms with Crippen molar-refractivity contribution in [3.8, 4) is 0 Å². The van der Waals surface area contributed by atoms with Gasteiger partial charge >= 0.3 is 0 Å². The SMILES string of the molecule is CCNC(=NCc1ccccn1)NCCCCCCCN(C)C.